The number of halogens is 1. The van der Waals surface area contributed by atoms with Gasteiger partial charge in [0.15, 0.2) is 5.76 Å². The first-order valence-corrected chi connectivity index (χ1v) is 8.69. The lowest BCUT2D eigenvalue weighted by molar-refractivity contribution is 0.208. The summed E-state index contributed by atoms with van der Waals surface area (Å²) >= 11 is 5.34. The molecule has 0 aliphatic carbocycles. The minimum atomic E-state index is 0.385. The van der Waals surface area contributed by atoms with Gasteiger partial charge in [-0.15, -0.1) is 11.3 Å². The average Bonchev–Trinajstić information content (AvgIpc) is 3.10. The molecule has 5 heteroatoms. The van der Waals surface area contributed by atoms with E-state index in [-0.39, 0.29) is 0 Å². The Morgan fingerprint density at radius 1 is 1.50 bits per heavy atom. The Hall–Kier alpha value is -0.650. The van der Waals surface area contributed by atoms with E-state index in [0.717, 1.165) is 24.5 Å². The Morgan fingerprint density at radius 3 is 3.00 bits per heavy atom. The van der Waals surface area contributed by atoms with Gasteiger partial charge in [0.25, 0.3) is 0 Å². The first-order chi connectivity index (χ1) is 9.63. The van der Waals surface area contributed by atoms with Crippen molar-refractivity contribution in [3.8, 4) is 0 Å². The van der Waals surface area contributed by atoms with Crippen molar-refractivity contribution in [1.82, 2.24) is 10.1 Å². The van der Waals surface area contributed by atoms with Crippen LogP contribution in [0.4, 0.5) is 0 Å². The molecule has 0 amide bonds. The van der Waals surface area contributed by atoms with Crippen molar-refractivity contribution in [2.24, 2.45) is 0 Å². The molecule has 3 heterocycles. The first kappa shape index (κ1) is 14.3. The zero-order valence-corrected chi connectivity index (χ0v) is 14.2. The maximum Gasteiger partial charge on any atom is 0.154 e. The van der Waals surface area contributed by atoms with Crippen molar-refractivity contribution < 1.29 is 4.52 Å². The molecule has 0 saturated carbocycles. The molecule has 0 bridgehead atoms. The summed E-state index contributed by atoms with van der Waals surface area (Å²) in [6.45, 7) is 6.44. The van der Waals surface area contributed by atoms with Gasteiger partial charge in [-0.25, -0.2) is 0 Å². The van der Waals surface area contributed by atoms with Gasteiger partial charge in [-0.3, -0.25) is 4.90 Å². The van der Waals surface area contributed by atoms with Crippen molar-refractivity contribution in [3.05, 3.63) is 38.3 Å². The van der Waals surface area contributed by atoms with Gasteiger partial charge in [-0.2, -0.15) is 0 Å². The Morgan fingerprint density at radius 2 is 2.35 bits per heavy atom. The molecule has 1 atom stereocenters. The lowest BCUT2D eigenvalue weighted by Crippen LogP contribution is -2.21. The normalized spacial score (nSPS) is 20.1. The molecular formula is C15H19BrN2OS. The van der Waals surface area contributed by atoms with Crippen LogP contribution >= 0.6 is 27.3 Å². The van der Waals surface area contributed by atoms with E-state index in [9.17, 15) is 0 Å². The maximum absolute atomic E-state index is 5.59. The highest BCUT2D eigenvalue weighted by Crippen LogP contribution is 2.35. The molecule has 0 aromatic carbocycles. The van der Waals surface area contributed by atoms with Crippen LogP contribution in [-0.4, -0.2) is 16.6 Å². The summed E-state index contributed by atoms with van der Waals surface area (Å²) in [7, 11) is 0. The molecule has 108 valence electrons. The van der Waals surface area contributed by atoms with Crippen LogP contribution in [0.25, 0.3) is 0 Å². The molecule has 0 N–H and O–H groups in total. The summed E-state index contributed by atoms with van der Waals surface area (Å²) in [5, 5.41) is 4.20. The number of aromatic nitrogens is 1. The van der Waals surface area contributed by atoms with E-state index in [1.807, 2.05) is 11.3 Å². The number of nitrogens with zero attached hydrogens (tertiary/aromatic N) is 2. The molecule has 1 unspecified atom stereocenters. The zero-order chi connectivity index (χ0) is 14.1. The molecular weight excluding hydrogens is 336 g/mol. The first-order valence-electron chi connectivity index (χ1n) is 7.08. The van der Waals surface area contributed by atoms with Crippen LogP contribution in [0, 0.1) is 0 Å². The van der Waals surface area contributed by atoms with E-state index in [2.05, 4.69) is 58.0 Å². The molecule has 20 heavy (non-hydrogen) atoms. The Bertz CT molecular complexity index is 578. The SMILES string of the molecule is CC(C)c1cc(C2CCCN2Cc2ccc(Br)s2)on1. The minimum absolute atomic E-state index is 0.385. The number of likely N-dealkylation sites (tertiary alicyclic amines) is 1. The molecule has 1 fully saturated rings. The fraction of sp³-hybridized carbons (Fsp3) is 0.533. The topological polar surface area (TPSA) is 29.3 Å². The van der Waals surface area contributed by atoms with Crippen LogP contribution in [0.1, 0.15) is 55.0 Å². The summed E-state index contributed by atoms with van der Waals surface area (Å²) < 4.78 is 6.78. The van der Waals surface area contributed by atoms with E-state index in [1.54, 1.807) is 0 Å². The van der Waals surface area contributed by atoms with Gasteiger partial charge in [0.05, 0.1) is 15.5 Å². The third kappa shape index (κ3) is 3.00. The predicted molar refractivity (Wildman–Crippen MR) is 85.0 cm³/mol. The van der Waals surface area contributed by atoms with Crippen molar-refractivity contribution >= 4 is 27.3 Å². The summed E-state index contributed by atoms with van der Waals surface area (Å²) in [6.07, 6.45) is 2.40. The third-order valence-corrected chi connectivity index (χ3v) is 5.43. The second-order valence-corrected chi connectivity index (χ2v) is 8.19. The Balaban J connectivity index is 1.74. The number of hydrogen-bond donors (Lipinski definition) is 0. The van der Waals surface area contributed by atoms with Crippen LogP contribution in [0.2, 0.25) is 0 Å². The molecule has 2 aromatic heterocycles. The van der Waals surface area contributed by atoms with Gasteiger partial charge >= 0.3 is 0 Å². The number of thiophene rings is 1. The van der Waals surface area contributed by atoms with E-state index in [4.69, 9.17) is 4.52 Å². The lowest BCUT2D eigenvalue weighted by atomic mass is 10.1. The highest BCUT2D eigenvalue weighted by Gasteiger charge is 2.29. The fourth-order valence-corrected chi connectivity index (χ4v) is 4.22. The van der Waals surface area contributed by atoms with Gasteiger partial charge in [-0.05, 0) is 53.4 Å². The zero-order valence-electron chi connectivity index (χ0n) is 11.8. The lowest BCUT2D eigenvalue weighted by Gasteiger charge is -2.21. The van der Waals surface area contributed by atoms with Crippen LogP contribution in [0.3, 0.4) is 0 Å². The highest BCUT2D eigenvalue weighted by molar-refractivity contribution is 9.11. The third-order valence-electron chi connectivity index (χ3n) is 3.82. The van der Waals surface area contributed by atoms with Crippen molar-refractivity contribution in [2.45, 2.75) is 45.2 Å². The molecule has 0 spiro atoms. The number of hydrogen-bond acceptors (Lipinski definition) is 4. The summed E-state index contributed by atoms with van der Waals surface area (Å²) in [5.74, 6) is 1.46. The second kappa shape index (κ2) is 6.00. The Kier molecular flexibility index (Phi) is 4.29. The van der Waals surface area contributed by atoms with Gasteiger partial charge in [-0.1, -0.05) is 19.0 Å². The van der Waals surface area contributed by atoms with E-state index in [1.165, 1.54) is 21.5 Å². The summed E-state index contributed by atoms with van der Waals surface area (Å²) in [6, 6.07) is 6.84. The standard InChI is InChI=1S/C15H19BrN2OS/c1-10(2)12-8-14(19-17-12)13-4-3-7-18(13)9-11-5-6-15(16)20-11/h5-6,8,10,13H,3-4,7,9H2,1-2H3. The molecule has 1 saturated heterocycles. The summed E-state index contributed by atoms with van der Waals surface area (Å²) in [4.78, 5) is 3.90. The minimum Gasteiger partial charge on any atom is -0.359 e. The van der Waals surface area contributed by atoms with E-state index < -0.39 is 0 Å². The smallest absolute Gasteiger partial charge is 0.154 e. The van der Waals surface area contributed by atoms with E-state index >= 15 is 0 Å². The highest BCUT2D eigenvalue weighted by atomic mass is 79.9. The van der Waals surface area contributed by atoms with Crippen molar-refractivity contribution in [2.75, 3.05) is 6.54 Å². The van der Waals surface area contributed by atoms with Crippen LogP contribution in [-0.2, 0) is 6.54 Å². The molecule has 3 nitrogen and oxygen atoms in total. The van der Waals surface area contributed by atoms with Crippen LogP contribution in [0.5, 0.6) is 0 Å². The molecule has 1 aliphatic rings. The van der Waals surface area contributed by atoms with Gasteiger partial charge < -0.3 is 4.52 Å². The van der Waals surface area contributed by atoms with Crippen molar-refractivity contribution in [3.63, 3.8) is 0 Å². The van der Waals surface area contributed by atoms with Crippen LogP contribution < -0.4 is 0 Å². The molecule has 1 aliphatic heterocycles. The second-order valence-electron chi connectivity index (χ2n) is 5.64. The fourth-order valence-electron chi connectivity index (χ4n) is 2.71. The van der Waals surface area contributed by atoms with Crippen molar-refractivity contribution in [1.29, 1.82) is 0 Å². The molecule has 0 radical (unpaired) electrons. The largest absolute Gasteiger partial charge is 0.359 e. The molecule has 3 rings (SSSR count). The van der Waals surface area contributed by atoms with Gasteiger partial charge in [0.2, 0.25) is 0 Å². The predicted octanol–water partition coefficient (Wildman–Crippen LogP) is 4.96. The van der Waals surface area contributed by atoms with Crippen LogP contribution in [0.15, 0.2) is 26.5 Å². The van der Waals surface area contributed by atoms with Gasteiger partial charge in [0, 0.05) is 17.5 Å². The maximum atomic E-state index is 5.59. The monoisotopic (exact) mass is 354 g/mol. The Labute approximate surface area is 132 Å². The number of rotatable bonds is 4. The average molecular weight is 355 g/mol. The quantitative estimate of drug-likeness (QED) is 0.776. The van der Waals surface area contributed by atoms with Gasteiger partial charge in [0.1, 0.15) is 0 Å². The van der Waals surface area contributed by atoms with E-state index in [0.29, 0.717) is 12.0 Å². The molecule has 2 aromatic rings. The summed E-state index contributed by atoms with van der Waals surface area (Å²) in [5.41, 5.74) is 1.06.